The van der Waals surface area contributed by atoms with E-state index in [4.69, 9.17) is 15.5 Å². The minimum atomic E-state index is -4.56. The van der Waals surface area contributed by atoms with Crippen LogP contribution in [-0.4, -0.2) is 33.0 Å². The van der Waals surface area contributed by atoms with E-state index in [1.54, 1.807) is 6.92 Å². The van der Waals surface area contributed by atoms with Gasteiger partial charge in [0.25, 0.3) is 0 Å². The number of rotatable bonds is 9. The molecule has 1 heterocycles. The van der Waals surface area contributed by atoms with Gasteiger partial charge < -0.3 is 25.9 Å². The minimum absolute atomic E-state index is 0.00753. The zero-order chi connectivity index (χ0) is 15.9. The Morgan fingerprint density at radius 3 is 2.76 bits per heavy atom. The number of nitrogens with two attached hydrogens (primary N) is 1. The van der Waals surface area contributed by atoms with Crippen molar-refractivity contribution >= 4 is 7.82 Å². The van der Waals surface area contributed by atoms with Crippen LogP contribution in [0.5, 0.6) is 5.75 Å². The molecule has 0 aliphatic heterocycles. The molecular weight excluding hydrogens is 297 g/mol. The summed E-state index contributed by atoms with van der Waals surface area (Å²) in [5, 5.41) is 13.2. The number of nitrogens with one attached hydrogen (secondary N) is 1. The highest BCUT2D eigenvalue weighted by Crippen LogP contribution is 2.38. The van der Waals surface area contributed by atoms with Crippen LogP contribution >= 0.6 is 7.82 Å². The molecule has 1 rings (SSSR count). The molecule has 0 bridgehead atoms. The van der Waals surface area contributed by atoms with Gasteiger partial charge in [-0.15, -0.1) is 0 Å². The Morgan fingerprint density at radius 2 is 2.14 bits per heavy atom. The largest absolute Gasteiger partial charge is 0.506 e. The molecule has 0 fully saturated rings. The van der Waals surface area contributed by atoms with Crippen LogP contribution in [0.4, 0.5) is 0 Å². The van der Waals surface area contributed by atoms with Gasteiger partial charge in [-0.25, -0.2) is 4.57 Å². The number of phosphoric ester groups is 1. The standard InChI is InChI=1S/C12H22N3O5P/c1-9-12(16)11(7-14-5-3-2-4-13)10(6-15-9)8-20-21(17,18)19/h6,14,16H,2-5,7-8,13H2,1H3,(H2,17,18,19). The average Bonchev–Trinajstić information content (AvgIpc) is 2.41. The number of nitrogens with zero attached hydrogens (tertiary/aromatic N) is 1. The van der Waals surface area contributed by atoms with Crippen LogP contribution in [-0.2, 0) is 22.2 Å². The summed E-state index contributed by atoms with van der Waals surface area (Å²) in [6, 6.07) is 0. The lowest BCUT2D eigenvalue weighted by Gasteiger charge is -2.14. The van der Waals surface area contributed by atoms with Crippen molar-refractivity contribution in [3.8, 4) is 5.75 Å². The first-order valence-corrected chi connectivity index (χ1v) is 8.15. The third-order valence-corrected chi connectivity index (χ3v) is 3.39. The second-order valence-electron chi connectivity index (χ2n) is 4.63. The zero-order valence-corrected chi connectivity index (χ0v) is 12.8. The van der Waals surface area contributed by atoms with Gasteiger partial charge in [-0.3, -0.25) is 9.51 Å². The molecule has 1 aromatic rings. The third-order valence-electron chi connectivity index (χ3n) is 2.93. The molecule has 0 saturated heterocycles. The number of hydrogen-bond donors (Lipinski definition) is 5. The van der Waals surface area contributed by atoms with Crippen LogP contribution < -0.4 is 11.1 Å². The maximum absolute atomic E-state index is 10.8. The number of hydrogen-bond acceptors (Lipinski definition) is 6. The molecule has 0 aliphatic carbocycles. The van der Waals surface area contributed by atoms with Crippen molar-refractivity contribution in [2.24, 2.45) is 5.73 Å². The molecular formula is C12H22N3O5P. The van der Waals surface area contributed by atoms with Crippen LogP contribution in [0, 0.1) is 6.92 Å². The van der Waals surface area contributed by atoms with E-state index in [-0.39, 0.29) is 12.4 Å². The molecule has 0 saturated carbocycles. The van der Waals surface area contributed by atoms with Gasteiger partial charge in [0.1, 0.15) is 5.75 Å². The smallest absolute Gasteiger partial charge is 0.469 e. The van der Waals surface area contributed by atoms with Crippen LogP contribution in [0.15, 0.2) is 6.20 Å². The molecule has 21 heavy (non-hydrogen) atoms. The highest BCUT2D eigenvalue weighted by molar-refractivity contribution is 7.46. The van der Waals surface area contributed by atoms with Crippen molar-refractivity contribution in [3.63, 3.8) is 0 Å². The number of phosphoric acid groups is 1. The molecule has 9 heteroatoms. The van der Waals surface area contributed by atoms with Gasteiger partial charge in [0.05, 0.1) is 12.3 Å². The van der Waals surface area contributed by atoms with E-state index >= 15 is 0 Å². The summed E-state index contributed by atoms with van der Waals surface area (Å²) in [6.45, 7) is 3.06. The summed E-state index contributed by atoms with van der Waals surface area (Å²) in [5.74, 6) is 0.00753. The lowest BCUT2D eigenvalue weighted by atomic mass is 10.1. The fourth-order valence-electron chi connectivity index (χ4n) is 1.77. The van der Waals surface area contributed by atoms with Gasteiger partial charge in [-0.2, -0.15) is 0 Å². The van der Waals surface area contributed by atoms with Crippen LogP contribution in [0.3, 0.4) is 0 Å². The second kappa shape index (κ2) is 8.43. The quantitative estimate of drug-likeness (QED) is 0.328. The lowest BCUT2D eigenvalue weighted by molar-refractivity contribution is 0.188. The predicted octanol–water partition coefficient (Wildman–Crippen LogP) is 0.533. The molecule has 8 nitrogen and oxygen atoms in total. The number of unbranched alkanes of at least 4 members (excludes halogenated alkanes) is 1. The number of aromatic nitrogens is 1. The summed E-state index contributed by atoms with van der Waals surface area (Å²) in [6.07, 6.45) is 3.26. The lowest BCUT2D eigenvalue weighted by Crippen LogP contribution is -2.17. The predicted molar refractivity (Wildman–Crippen MR) is 77.5 cm³/mol. The van der Waals surface area contributed by atoms with E-state index < -0.39 is 7.82 Å². The Balaban J connectivity index is 2.73. The summed E-state index contributed by atoms with van der Waals surface area (Å²) >= 11 is 0. The van der Waals surface area contributed by atoms with E-state index in [1.807, 2.05) is 0 Å². The monoisotopic (exact) mass is 319 g/mol. The average molecular weight is 319 g/mol. The first kappa shape index (κ1) is 18.0. The molecule has 0 atom stereocenters. The molecule has 0 radical (unpaired) electrons. The fourth-order valence-corrected chi connectivity index (χ4v) is 2.07. The van der Waals surface area contributed by atoms with Gasteiger partial charge in [0, 0.05) is 23.9 Å². The first-order valence-electron chi connectivity index (χ1n) is 6.62. The zero-order valence-electron chi connectivity index (χ0n) is 11.9. The highest BCUT2D eigenvalue weighted by Gasteiger charge is 2.17. The molecule has 0 unspecified atom stereocenters. The van der Waals surface area contributed by atoms with E-state index in [0.717, 1.165) is 19.4 Å². The van der Waals surface area contributed by atoms with Gasteiger partial charge in [0.2, 0.25) is 0 Å². The summed E-state index contributed by atoms with van der Waals surface area (Å²) < 4.78 is 15.2. The molecule has 1 aromatic heterocycles. The van der Waals surface area contributed by atoms with Crippen LogP contribution in [0.2, 0.25) is 0 Å². The topological polar surface area (TPSA) is 138 Å². The van der Waals surface area contributed by atoms with Crippen molar-refractivity contribution in [1.29, 1.82) is 0 Å². The number of pyridine rings is 1. The normalized spacial score (nSPS) is 11.8. The first-order chi connectivity index (χ1) is 9.85. The third kappa shape index (κ3) is 6.52. The molecule has 120 valence electrons. The van der Waals surface area contributed by atoms with E-state index in [1.165, 1.54) is 6.20 Å². The SMILES string of the molecule is Cc1ncc(COP(=O)(O)O)c(CNCCCCN)c1O. The van der Waals surface area contributed by atoms with Crippen LogP contribution in [0.25, 0.3) is 0 Å². The number of aryl methyl sites for hydroxylation is 1. The molecule has 0 spiro atoms. The molecule has 0 aliphatic rings. The summed E-state index contributed by atoms with van der Waals surface area (Å²) in [5.41, 5.74) is 6.83. The molecule has 0 amide bonds. The Bertz CT molecular complexity index is 506. The van der Waals surface area contributed by atoms with Gasteiger partial charge >= 0.3 is 7.82 Å². The van der Waals surface area contributed by atoms with Crippen molar-refractivity contribution in [3.05, 3.63) is 23.0 Å². The van der Waals surface area contributed by atoms with Crippen molar-refractivity contribution in [2.45, 2.75) is 32.9 Å². The van der Waals surface area contributed by atoms with Gasteiger partial charge in [-0.05, 0) is 32.9 Å². The highest BCUT2D eigenvalue weighted by atomic mass is 31.2. The van der Waals surface area contributed by atoms with Gasteiger partial charge in [-0.1, -0.05) is 0 Å². The summed E-state index contributed by atoms with van der Waals surface area (Å²) in [4.78, 5) is 21.5. The van der Waals surface area contributed by atoms with Crippen molar-refractivity contribution in [1.82, 2.24) is 10.3 Å². The Morgan fingerprint density at radius 1 is 1.43 bits per heavy atom. The van der Waals surface area contributed by atoms with E-state index in [0.29, 0.717) is 29.9 Å². The Hall–Kier alpha value is -1.02. The Labute approximate surface area is 123 Å². The molecule has 0 aromatic carbocycles. The van der Waals surface area contributed by atoms with Crippen molar-refractivity contribution in [2.75, 3.05) is 13.1 Å². The minimum Gasteiger partial charge on any atom is -0.506 e. The Kier molecular flexibility index (Phi) is 7.24. The van der Waals surface area contributed by atoms with Gasteiger partial charge in [0.15, 0.2) is 0 Å². The van der Waals surface area contributed by atoms with E-state index in [2.05, 4.69) is 14.8 Å². The maximum atomic E-state index is 10.8. The summed E-state index contributed by atoms with van der Waals surface area (Å²) in [7, 11) is -4.56. The van der Waals surface area contributed by atoms with Crippen molar-refractivity contribution < 1.29 is 24.0 Å². The molecule has 6 N–H and O–H groups in total. The second-order valence-corrected chi connectivity index (χ2v) is 5.87. The fraction of sp³-hybridized carbons (Fsp3) is 0.583. The van der Waals surface area contributed by atoms with Crippen LogP contribution in [0.1, 0.15) is 29.7 Å². The maximum Gasteiger partial charge on any atom is 0.469 e. The van der Waals surface area contributed by atoms with E-state index in [9.17, 15) is 9.67 Å². The number of aromatic hydroxyl groups is 1.